The summed E-state index contributed by atoms with van der Waals surface area (Å²) in [5.74, 6) is 1.04. The Labute approximate surface area is 226 Å². The van der Waals surface area contributed by atoms with Gasteiger partial charge in [0.2, 0.25) is 5.91 Å². The minimum Gasteiger partial charge on any atom is -0.373 e. The number of carbonyl (C=O) groups is 1. The first-order chi connectivity index (χ1) is 18.3. The number of rotatable bonds is 6. The van der Waals surface area contributed by atoms with E-state index < -0.39 is 0 Å². The van der Waals surface area contributed by atoms with Crippen molar-refractivity contribution in [2.24, 2.45) is 5.41 Å². The zero-order valence-electron chi connectivity index (χ0n) is 23.4. The number of aryl methyl sites for hydroxylation is 2. The number of pyridine rings is 1. The first-order valence-electron chi connectivity index (χ1n) is 14.3. The summed E-state index contributed by atoms with van der Waals surface area (Å²) < 4.78 is 2.36. The lowest BCUT2D eigenvalue weighted by atomic mass is 9.56. The van der Waals surface area contributed by atoms with Gasteiger partial charge in [0.1, 0.15) is 5.82 Å². The van der Waals surface area contributed by atoms with E-state index in [1.165, 1.54) is 56.0 Å². The van der Waals surface area contributed by atoms with Crippen LogP contribution in [0.2, 0.25) is 0 Å². The third-order valence-electron chi connectivity index (χ3n) is 10.2. The summed E-state index contributed by atoms with van der Waals surface area (Å²) >= 11 is 0. The summed E-state index contributed by atoms with van der Waals surface area (Å²) in [6.45, 7) is 9.40. The van der Waals surface area contributed by atoms with Gasteiger partial charge >= 0.3 is 0 Å². The standard InChI is InChI=1S/C29H42N8O/c1-20-15-25(22(16-30)27(31-3)32-20)35-12-5-24-23(17-35)21(2)33-37(24)19-28-6-9-29(10-7-28,11-8-28)36-14-13-34(4)26(38)18-36/h15-16,30H,5-14,17-19H2,1-4H3,(H,31,32). The highest BCUT2D eigenvalue weighted by Gasteiger charge is 2.52. The molecule has 9 heteroatoms. The van der Waals surface area contributed by atoms with Gasteiger partial charge in [-0.3, -0.25) is 14.4 Å². The number of hydrogen-bond acceptors (Lipinski definition) is 7. The van der Waals surface area contributed by atoms with Gasteiger partial charge in [0.25, 0.3) is 0 Å². The first kappa shape index (κ1) is 25.3. The second kappa shape index (κ2) is 9.36. The summed E-state index contributed by atoms with van der Waals surface area (Å²) in [5, 5.41) is 16.3. The molecule has 1 amide bonds. The fourth-order valence-electron chi connectivity index (χ4n) is 7.70. The van der Waals surface area contributed by atoms with Gasteiger partial charge in [0, 0.05) is 81.9 Å². The van der Waals surface area contributed by atoms with Crippen molar-refractivity contribution in [3.05, 3.63) is 34.3 Å². The van der Waals surface area contributed by atoms with Gasteiger partial charge in [-0.25, -0.2) is 4.98 Å². The molecule has 4 heterocycles. The molecule has 4 fully saturated rings. The molecule has 38 heavy (non-hydrogen) atoms. The van der Waals surface area contributed by atoms with E-state index in [2.05, 4.69) is 37.8 Å². The third kappa shape index (κ3) is 4.10. The number of amides is 1. The maximum atomic E-state index is 12.4. The van der Waals surface area contributed by atoms with Crippen molar-refractivity contribution in [2.45, 2.75) is 77.4 Å². The molecule has 5 aliphatic rings. The summed E-state index contributed by atoms with van der Waals surface area (Å²) in [6, 6.07) is 2.11. The Morgan fingerprint density at radius 3 is 2.47 bits per heavy atom. The zero-order valence-corrected chi connectivity index (χ0v) is 23.4. The number of anilines is 2. The number of nitrogens with one attached hydrogen (secondary N) is 2. The van der Waals surface area contributed by atoms with Crippen molar-refractivity contribution >= 4 is 23.6 Å². The van der Waals surface area contributed by atoms with Crippen LogP contribution in [0.5, 0.6) is 0 Å². The number of carbonyl (C=O) groups excluding carboxylic acids is 1. The lowest BCUT2D eigenvalue weighted by Crippen LogP contribution is -2.62. The molecule has 9 nitrogen and oxygen atoms in total. The van der Waals surface area contributed by atoms with Crippen molar-refractivity contribution < 1.29 is 4.79 Å². The van der Waals surface area contributed by atoms with Gasteiger partial charge in [-0.2, -0.15) is 5.10 Å². The SMILES string of the molecule is CNc1nc(C)cc(N2CCc3c(c(C)nn3CC34CCC(N5CCN(C)C(=O)C5)(CC3)CC4)C2)c1C=N. The molecular weight excluding hydrogens is 476 g/mol. The highest BCUT2D eigenvalue weighted by Crippen LogP contribution is 2.55. The topological polar surface area (TPSA) is 93.4 Å². The number of nitrogens with zero attached hydrogens (tertiary/aromatic N) is 6. The fraction of sp³-hybridized carbons (Fsp3) is 0.655. The van der Waals surface area contributed by atoms with Gasteiger partial charge in [0.15, 0.2) is 0 Å². The van der Waals surface area contributed by atoms with E-state index in [-0.39, 0.29) is 11.4 Å². The molecule has 3 saturated carbocycles. The van der Waals surface area contributed by atoms with Crippen LogP contribution in [0, 0.1) is 24.7 Å². The molecule has 0 unspecified atom stereocenters. The van der Waals surface area contributed by atoms with Crippen LogP contribution in [0.25, 0.3) is 0 Å². The molecule has 204 valence electrons. The van der Waals surface area contributed by atoms with Crippen LogP contribution in [-0.4, -0.2) is 82.5 Å². The number of likely N-dealkylation sites (N-methyl/N-ethyl adjacent to an activating group) is 1. The Kier molecular flexibility index (Phi) is 6.24. The zero-order chi connectivity index (χ0) is 26.7. The lowest BCUT2D eigenvalue weighted by molar-refractivity contribution is -0.142. The maximum Gasteiger partial charge on any atom is 0.236 e. The molecular formula is C29H42N8O. The molecule has 0 aromatic carbocycles. The van der Waals surface area contributed by atoms with Gasteiger partial charge in [-0.15, -0.1) is 0 Å². The van der Waals surface area contributed by atoms with Crippen LogP contribution in [0.3, 0.4) is 0 Å². The number of aromatic nitrogens is 3. The van der Waals surface area contributed by atoms with E-state index in [9.17, 15) is 4.79 Å². The summed E-state index contributed by atoms with van der Waals surface area (Å²) in [4.78, 5) is 23.8. The molecule has 0 radical (unpaired) electrons. The summed E-state index contributed by atoms with van der Waals surface area (Å²) in [6.07, 6.45) is 9.72. The number of fused-ring (bicyclic) bond motifs is 4. The predicted octanol–water partition coefficient (Wildman–Crippen LogP) is 3.36. The first-order valence-corrected chi connectivity index (χ1v) is 14.3. The Bertz CT molecular complexity index is 1240. The molecule has 2 aromatic rings. The quantitative estimate of drug-likeness (QED) is 0.570. The molecule has 2 N–H and O–H groups in total. The van der Waals surface area contributed by atoms with Crippen molar-refractivity contribution in [2.75, 3.05) is 50.5 Å². The van der Waals surface area contributed by atoms with E-state index in [1.807, 2.05) is 25.9 Å². The predicted molar refractivity (Wildman–Crippen MR) is 150 cm³/mol. The molecule has 7 rings (SSSR count). The highest BCUT2D eigenvalue weighted by molar-refractivity contribution is 5.92. The van der Waals surface area contributed by atoms with Gasteiger partial charge in [-0.1, -0.05) is 0 Å². The molecule has 0 spiro atoms. The van der Waals surface area contributed by atoms with E-state index in [0.717, 1.165) is 67.6 Å². The van der Waals surface area contributed by atoms with Gasteiger partial charge in [0.05, 0.1) is 23.5 Å². The van der Waals surface area contributed by atoms with Crippen LogP contribution < -0.4 is 10.2 Å². The van der Waals surface area contributed by atoms with Crippen molar-refractivity contribution in [3.63, 3.8) is 0 Å². The van der Waals surface area contributed by atoms with Crippen LogP contribution in [0.4, 0.5) is 11.5 Å². The largest absolute Gasteiger partial charge is 0.373 e. The number of piperazine rings is 1. The molecule has 2 aliphatic heterocycles. The van der Waals surface area contributed by atoms with Crippen LogP contribution in [0.1, 0.15) is 66.7 Å². The second-order valence-corrected chi connectivity index (χ2v) is 12.2. The van der Waals surface area contributed by atoms with E-state index in [1.54, 1.807) is 0 Å². The smallest absolute Gasteiger partial charge is 0.236 e. The minimum atomic E-state index is 0.236. The van der Waals surface area contributed by atoms with Gasteiger partial charge < -0.3 is 20.5 Å². The fourth-order valence-corrected chi connectivity index (χ4v) is 7.70. The monoisotopic (exact) mass is 518 g/mol. The van der Waals surface area contributed by atoms with Crippen molar-refractivity contribution in [1.82, 2.24) is 24.6 Å². The molecule has 3 aliphatic carbocycles. The third-order valence-corrected chi connectivity index (χ3v) is 10.2. The van der Waals surface area contributed by atoms with E-state index in [4.69, 9.17) is 10.5 Å². The second-order valence-electron chi connectivity index (χ2n) is 12.2. The minimum absolute atomic E-state index is 0.236. The Hall–Kier alpha value is -2.94. The molecule has 2 aromatic heterocycles. The summed E-state index contributed by atoms with van der Waals surface area (Å²) in [7, 11) is 3.80. The number of hydrogen-bond donors (Lipinski definition) is 2. The normalized spacial score (nSPS) is 27.5. The lowest BCUT2D eigenvalue weighted by Gasteiger charge is -2.58. The van der Waals surface area contributed by atoms with Crippen LogP contribution >= 0.6 is 0 Å². The Balaban J connectivity index is 1.18. The van der Waals surface area contributed by atoms with Crippen molar-refractivity contribution in [3.8, 4) is 0 Å². The maximum absolute atomic E-state index is 12.4. The van der Waals surface area contributed by atoms with Crippen molar-refractivity contribution in [1.29, 1.82) is 5.41 Å². The highest BCUT2D eigenvalue weighted by atomic mass is 16.2. The van der Waals surface area contributed by atoms with Crippen LogP contribution in [-0.2, 0) is 24.3 Å². The average Bonchev–Trinajstić information content (AvgIpc) is 3.24. The van der Waals surface area contributed by atoms with Crippen LogP contribution in [0.15, 0.2) is 6.07 Å². The van der Waals surface area contributed by atoms with E-state index >= 15 is 0 Å². The summed E-state index contributed by atoms with van der Waals surface area (Å²) in [5.41, 5.74) is 7.33. The Morgan fingerprint density at radius 1 is 1.08 bits per heavy atom. The Morgan fingerprint density at radius 2 is 1.82 bits per heavy atom. The molecule has 1 saturated heterocycles. The van der Waals surface area contributed by atoms with E-state index in [0.29, 0.717) is 12.0 Å². The van der Waals surface area contributed by atoms with Gasteiger partial charge in [-0.05, 0) is 63.9 Å². The molecule has 0 atom stereocenters. The average molecular weight is 519 g/mol. The molecule has 2 bridgehead atoms.